The van der Waals surface area contributed by atoms with Gasteiger partial charge in [0.25, 0.3) is 0 Å². The minimum Gasteiger partial charge on any atom is -0.448 e. The molecule has 1 aromatic heterocycles. The minimum atomic E-state index is 0.415. The van der Waals surface area contributed by atoms with E-state index < -0.39 is 0 Å². The van der Waals surface area contributed by atoms with Gasteiger partial charge in [-0.3, -0.25) is 4.90 Å². The maximum atomic E-state index is 5.91. The van der Waals surface area contributed by atoms with E-state index in [0.717, 1.165) is 30.8 Å². The van der Waals surface area contributed by atoms with Gasteiger partial charge in [0.1, 0.15) is 5.76 Å². The van der Waals surface area contributed by atoms with E-state index in [1.165, 1.54) is 19.2 Å². The fourth-order valence-corrected chi connectivity index (χ4v) is 2.39. The van der Waals surface area contributed by atoms with Gasteiger partial charge >= 0.3 is 0 Å². The second-order valence-electron chi connectivity index (χ2n) is 4.84. The van der Waals surface area contributed by atoms with Crippen LogP contribution in [-0.2, 0) is 6.54 Å². The molecular weight excluding hydrogens is 202 g/mol. The van der Waals surface area contributed by atoms with Crippen LogP contribution in [0.1, 0.15) is 37.1 Å². The molecule has 0 aliphatic heterocycles. The van der Waals surface area contributed by atoms with E-state index in [0.29, 0.717) is 12.1 Å². The Hall–Kier alpha value is -0.870. The summed E-state index contributed by atoms with van der Waals surface area (Å²) in [5.74, 6) is 0.930. The van der Waals surface area contributed by atoms with Crippen molar-refractivity contribution in [3.63, 3.8) is 0 Å². The summed E-state index contributed by atoms with van der Waals surface area (Å²) in [6.45, 7) is 2.84. The number of hydrogen-bond acceptors (Lipinski definition) is 4. The third-order valence-corrected chi connectivity index (χ3v) is 3.61. The summed E-state index contributed by atoms with van der Waals surface area (Å²) in [5, 5.41) is 0. The Kier molecular flexibility index (Phi) is 3.61. The van der Waals surface area contributed by atoms with Gasteiger partial charge in [-0.05, 0) is 39.7 Å². The highest BCUT2D eigenvalue weighted by atomic mass is 16.3. The van der Waals surface area contributed by atoms with Crippen LogP contribution >= 0.6 is 0 Å². The zero-order valence-electron chi connectivity index (χ0n) is 10.1. The molecule has 0 aromatic carbocycles. The number of oxazole rings is 1. The van der Waals surface area contributed by atoms with E-state index in [1.807, 2.05) is 6.92 Å². The zero-order chi connectivity index (χ0) is 11.5. The molecule has 0 saturated heterocycles. The first-order valence-corrected chi connectivity index (χ1v) is 6.01. The Balaban J connectivity index is 1.88. The predicted octanol–water partition coefficient (Wildman–Crippen LogP) is 1.68. The SMILES string of the molecule is Cc1ocnc1CN(C)C1CCC(N)CC1. The maximum Gasteiger partial charge on any atom is 0.181 e. The van der Waals surface area contributed by atoms with Gasteiger partial charge in [0.2, 0.25) is 0 Å². The van der Waals surface area contributed by atoms with Crippen LogP contribution in [0.5, 0.6) is 0 Å². The van der Waals surface area contributed by atoms with Crippen molar-refractivity contribution in [1.29, 1.82) is 0 Å². The van der Waals surface area contributed by atoms with Crippen LogP contribution in [-0.4, -0.2) is 29.0 Å². The van der Waals surface area contributed by atoms with Gasteiger partial charge in [0, 0.05) is 18.6 Å². The predicted molar refractivity (Wildman–Crippen MR) is 62.9 cm³/mol. The van der Waals surface area contributed by atoms with E-state index in [1.54, 1.807) is 0 Å². The van der Waals surface area contributed by atoms with Crippen molar-refractivity contribution in [2.24, 2.45) is 5.73 Å². The molecule has 0 amide bonds. The van der Waals surface area contributed by atoms with Crippen molar-refractivity contribution in [2.45, 2.75) is 51.2 Å². The lowest BCUT2D eigenvalue weighted by molar-refractivity contribution is 0.174. The van der Waals surface area contributed by atoms with Crippen molar-refractivity contribution < 1.29 is 4.42 Å². The maximum absolute atomic E-state index is 5.91. The van der Waals surface area contributed by atoms with Crippen molar-refractivity contribution >= 4 is 0 Å². The molecule has 90 valence electrons. The lowest BCUT2D eigenvalue weighted by atomic mass is 9.91. The van der Waals surface area contributed by atoms with Gasteiger partial charge in [0.15, 0.2) is 6.39 Å². The van der Waals surface area contributed by atoms with Crippen LogP contribution in [0, 0.1) is 6.92 Å². The molecule has 0 unspecified atom stereocenters. The fraction of sp³-hybridized carbons (Fsp3) is 0.750. The van der Waals surface area contributed by atoms with Gasteiger partial charge in [0.05, 0.1) is 5.69 Å². The molecule has 1 aliphatic rings. The molecule has 0 spiro atoms. The summed E-state index contributed by atoms with van der Waals surface area (Å²) in [6, 6.07) is 1.06. The van der Waals surface area contributed by atoms with Gasteiger partial charge in [-0.25, -0.2) is 4.98 Å². The fourth-order valence-electron chi connectivity index (χ4n) is 2.39. The summed E-state index contributed by atoms with van der Waals surface area (Å²) in [6.07, 6.45) is 6.22. The van der Waals surface area contributed by atoms with E-state index in [-0.39, 0.29) is 0 Å². The van der Waals surface area contributed by atoms with Gasteiger partial charge < -0.3 is 10.2 Å². The second-order valence-corrected chi connectivity index (χ2v) is 4.84. The minimum absolute atomic E-state index is 0.415. The molecule has 16 heavy (non-hydrogen) atoms. The highest BCUT2D eigenvalue weighted by Gasteiger charge is 2.22. The normalized spacial score (nSPS) is 26.2. The third-order valence-electron chi connectivity index (χ3n) is 3.61. The number of hydrogen-bond donors (Lipinski definition) is 1. The first-order valence-electron chi connectivity index (χ1n) is 6.01. The quantitative estimate of drug-likeness (QED) is 0.847. The van der Waals surface area contributed by atoms with E-state index in [2.05, 4.69) is 16.9 Å². The highest BCUT2D eigenvalue weighted by molar-refractivity contribution is 5.04. The Bertz CT molecular complexity index is 329. The van der Waals surface area contributed by atoms with Gasteiger partial charge in [-0.2, -0.15) is 0 Å². The van der Waals surface area contributed by atoms with Crippen LogP contribution in [0.3, 0.4) is 0 Å². The van der Waals surface area contributed by atoms with E-state index >= 15 is 0 Å². The smallest absolute Gasteiger partial charge is 0.181 e. The van der Waals surface area contributed by atoms with E-state index in [4.69, 9.17) is 10.2 Å². The lowest BCUT2D eigenvalue weighted by Crippen LogP contribution is -2.38. The Morgan fingerprint density at radius 1 is 1.44 bits per heavy atom. The number of aryl methyl sites for hydroxylation is 1. The summed E-state index contributed by atoms with van der Waals surface area (Å²) in [4.78, 5) is 6.60. The highest BCUT2D eigenvalue weighted by Crippen LogP contribution is 2.22. The zero-order valence-corrected chi connectivity index (χ0v) is 10.1. The molecule has 0 atom stereocenters. The third kappa shape index (κ3) is 2.62. The Morgan fingerprint density at radius 3 is 2.69 bits per heavy atom. The van der Waals surface area contributed by atoms with Crippen molar-refractivity contribution in [1.82, 2.24) is 9.88 Å². The standard InChI is InChI=1S/C12H21N3O/c1-9-12(14-8-16-9)7-15(2)11-5-3-10(13)4-6-11/h8,10-11H,3-7,13H2,1-2H3. The summed E-state index contributed by atoms with van der Waals surface area (Å²) < 4.78 is 5.21. The molecule has 2 rings (SSSR count). The average molecular weight is 223 g/mol. The molecule has 2 N–H and O–H groups in total. The molecule has 4 nitrogen and oxygen atoms in total. The van der Waals surface area contributed by atoms with Crippen LogP contribution in [0.2, 0.25) is 0 Å². The summed E-state index contributed by atoms with van der Waals surface area (Å²) in [7, 11) is 2.16. The summed E-state index contributed by atoms with van der Waals surface area (Å²) >= 11 is 0. The Labute approximate surface area is 96.8 Å². The first-order chi connectivity index (χ1) is 7.66. The topological polar surface area (TPSA) is 55.3 Å². The first kappa shape index (κ1) is 11.6. The second kappa shape index (κ2) is 4.97. The van der Waals surface area contributed by atoms with Gasteiger partial charge in [-0.15, -0.1) is 0 Å². The van der Waals surface area contributed by atoms with Crippen molar-refractivity contribution in [3.8, 4) is 0 Å². The molecule has 1 heterocycles. The van der Waals surface area contributed by atoms with Crippen molar-refractivity contribution in [3.05, 3.63) is 17.8 Å². The molecule has 0 radical (unpaired) electrons. The number of nitrogens with zero attached hydrogens (tertiary/aromatic N) is 2. The van der Waals surface area contributed by atoms with Crippen molar-refractivity contribution in [2.75, 3.05) is 7.05 Å². The van der Waals surface area contributed by atoms with E-state index in [9.17, 15) is 0 Å². The van der Waals surface area contributed by atoms with Gasteiger partial charge in [-0.1, -0.05) is 0 Å². The van der Waals surface area contributed by atoms with Crippen LogP contribution in [0.25, 0.3) is 0 Å². The number of aromatic nitrogens is 1. The molecule has 0 bridgehead atoms. The van der Waals surface area contributed by atoms with Crippen LogP contribution in [0.4, 0.5) is 0 Å². The number of rotatable bonds is 3. The molecular formula is C12H21N3O. The largest absolute Gasteiger partial charge is 0.448 e. The van der Waals surface area contributed by atoms with Crippen LogP contribution < -0.4 is 5.73 Å². The average Bonchev–Trinajstić information content (AvgIpc) is 2.65. The molecule has 1 aliphatic carbocycles. The Morgan fingerprint density at radius 2 is 2.12 bits per heavy atom. The van der Waals surface area contributed by atoms with Crippen LogP contribution in [0.15, 0.2) is 10.8 Å². The molecule has 1 saturated carbocycles. The summed E-state index contributed by atoms with van der Waals surface area (Å²) in [5.41, 5.74) is 6.96. The molecule has 4 heteroatoms. The molecule has 1 fully saturated rings. The lowest BCUT2D eigenvalue weighted by Gasteiger charge is -2.33. The monoisotopic (exact) mass is 223 g/mol. The molecule has 1 aromatic rings. The number of nitrogens with two attached hydrogens (primary N) is 1.